The maximum atomic E-state index is 12.0. The van der Waals surface area contributed by atoms with Crippen LogP contribution >= 0.6 is 11.8 Å². The van der Waals surface area contributed by atoms with Crippen molar-refractivity contribution in [3.8, 4) is 0 Å². The molecular formula is C15H20N2OS. The van der Waals surface area contributed by atoms with Gasteiger partial charge < -0.3 is 0 Å². The van der Waals surface area contributed by atoms with Gasteiger partial charge in [0, 0.05) is 18.4 Å². The number of Topliss-reactive ketones (excluding diaryl/α,β-unsaturated/α-hetero) is 1. The van der Waals surface area contributed by atoms with E-state index in [1.807, 2.05) is 37.3 Å². The second-order valence-corrected chi connectivity index (χ2v) is 7.03. The zero-order valence-corrected chi connectivity index (χ0v) is 12.5. The number of hydrazone groups is 1. The molecule has 1 aromatic rings. The molecule has 1 heterocycles. The lowest BCUT2D eigenvalue weighted by Crippen LogP contribution is -2.34. The number of thioether (sulfide) groups is 1. The molecule has 1 aromatic carbocycles. The highest BCUT2D eigenvalue weighted by Crippen LogP contribution is 2.35. The Labute approximate surface area is 118 Å². The van der Waals surface area contributed by atoms with Gasteiger partial charge in [0.2, 0.25) is 0 Å². The highest BCUT2D eigenvalue weighted by Gasteiger charge is 2.34. The average molecular weight is 276 g/mol. The van der Waals surface area contributed by atoms with E-state index < -0.39 is 0 Å². The van der Waals surface area contributed by atoms with Gasteiger partial charge >= 0.3 is 0 Å². The minimum atomic E-state index is -0.308. The first kappa shape index (κ1) is 14.1. The normalized spacial score (nSPS) is 22.2. The fraction of sp³-hybridized carbons (Fsp3) is 0.467. The minimum absolute atomic E-state index is 0.294. The maximum Gasteiger partial charge on any atom is 0.136 e. The van der Waals surface area contributed by atoms with Gasteiger partial charge in [-0.3, -0.25) is 10.2 Å². The third-order valence-corrected chi connectivity index (χ3v) is 4.11. The Hall–Kier alpha value is -1.29. The van der Waals surface area contributed by atoms with Gasteiger partial charge in [0.15, 0.2) is 0 Å². The van der Waals surface area contributed by atoms with Crippen molar-refractivity contribution in [2.45, 2.75) is 38.5 Å². The predicted octanol–water partition coefficient (Wildman–Crippen LogP) is 3.41. The second-order valence-electron chi connectivity index (χ2n) is 5.54. The van der Waals surface area contributed by atoms with Gasteiger partial charge in [0.25, 0.3) is 0 Å². The number of rotatable bonds is 5. The molecule has 1 N–H and O–H groups in total. The molecule has 0 saturated carbocycles. The lowest BCUT2D eigenvalue weighted by Gasteiger charge is -2.22. The molecular weight excluding hydrogens is 256 g/mol. The van der Waals surface area contributed by atoms with Crippen LogP contribution in [0.3, 0.4) is 0 Å². The fourth-order valence-corrected chi connectivity index (χ4v) is 3.21. The third kappa shape index (κ3) is 3.83. The fourth-order valence-electron chi connectivity index (χ4n) is 2.11. The lowest BCUT2D eigenvalue weighted by molar-refractivity contribution is -0.120. The highest BCUT2D eigenvalue weighted by atomic mass is 32.2. The topological polar surface area (TPSA) is 41.5 Å². The van der Waals surface area contributed by atoms with E-state index >= 15 is 0 Å². The molecule has 1 atom stereocenters. The van der Waals surface area contributed by atoms with Crippen LogP contribution in [0.5, 0.6) is 0 Å². The van der Waals surface area contributed by atoms with E-state index in [2.05, 4.69) is 24.4 Å². The Bertz CT molecular complexity index is 484. The number of ketones is 1. The molecule has 0 bridgehead atoms. The maximum absolute atomic E-state index is 12.0. The Morgan fingerprint density at radius 3 is 2.68 bits per heavy atom. The van der Waals surface area contributed by atoms with Gasteiger partial charge in [-0.2, -0.15) is 5.10 Å². The summed E-state index contributed by atoms with van der Waals surface area (Å²) in [5.74, 6) is 0.707. The largest absolute Gasteiger partial charge is 0.300 e. The van der Waals surface area contributed by atoms with Crippen molar-refractivity contribution in [2.75, 3.05) is 0 Å². The quantitative estimate of drug-likeness (QED) is 0.896. The van der Waals surface area contributed by atoms with Crippen LogP contribution in [-0.4, -0.2) is 15.7 Å². The van der Waals surface area contributed by atoms with Gasteiger partial charge in [0.1, 0.15) is 15.7 Å². The molecule has 0 saturated heterocycles. The molecule has 0 radical (unpaired) electrons. The number of carbonyl (C=O) groups is 1. The molecule has 102 valence electrons. The molecule has 0 aliphatic carbocycles. The predicted molar refractivity (Wildman–Crippen MR) is 81.2 cm³/mol. The summed E-state index contributed by atoms with van der Waals surface area (Å²) in [4.78, 5) is 11.6. The van der Waals surface area contributed by atoms with Crippen LogP contribution in [0.2, 0.25) is 0 Å². The highest BCUT2D eigenvalue weighted by molar-refractivity contribution is 8.15. The summed E-state index contributed by atoms with van der Waals surface area (Å²) in [5, 5.41) is 5.33. The van der Waals surface area contributed by atoms with E-state index in [4.69, 9.17) is 0 Å². The lowest BCUT2D eigenvalue weighted by atomic mass is 10.0. The molecule has 4 heteroatoms. The standard InChI is InChI=1S/C15H20N2OS/c1-11(2)9-13(18)10-15(3)17-16-14(19-15)12-7-5-4-6-8-12/h4-8,11,17H,9-10H2,1-3H3/t15-/m0/s1. The van der Waals surface area contributed by atoms with Crippen LogP contribution in [0.1, 0.15) is 39.2 Å². The van der Waals surface area contributed by atoms with E-state index in [1.54, 1.807) is 11.8 Å². The van der Waals surface area contributed by atoms with Crippen molar-refractivity contribution in [3.05, 3.63) is 35.9 Å². The van der Waals surface area contributed by atoms with Crippen molar-refractivity contribution < 1.29 is 4.79 Å². The van der Waals surface area contributed by atoms with Gasteiger partial charge in [-0.15, -0.1) is 0 Å². The van der Waals surface area contributed by atoms with Crippen LogP contribution in [0, 0.1) is 5.92 Å². The van der Waals surface area contributed by atoms with Crippen LogP contribution < -0.4 is 5.43 Å². The molecule has 0 amide bonds. The molecule has 0 spiro atoms. The molecule has 2 rings (SSSR count). The first-order chi connectivity index (χ1) is 8.98. The smallest absolute Gasteiger partial charge is 0.136 e. The number of benzene rings is 1. The summed E-state index contributed by atoms with van der Waals surface area (Å²) in [6.07, 6.45) is 1.15. The summed E-state index contributed by atoms with van der Waals surface area (Å²) in [7, 11) is 0. The Morgan fingerprint density at radius 2 is 2.05 bits per heavy atom. The van der Waals surface area contributed by atoms with Crippen LogP contribution in [0.4, 0.5) is 0 Å². The Kier molecular flexibility index (Phi) is 4.30. The van der Waals surface area contributed by atoms with Crippen molar-refractivity contribution in [1.29, 1.82) is 0 Å². The van der Waals surface area contributed by atoms with Crippen LogP contribution in [0.25, 0.3) is 0 Å². The first-order valence-corrected chi connectivity index (χ1v) is 7.41. The molecule has 0 fully saturated rings. The number of nitrogens with one attached hydrogen (secondary N) is 1. The number of carbonyl (C=O) groups excluding carboxylic acids is 1. The zero-order chi connectivity index (χ0) is 13.9. The summed E-state index contributed by atoms with van der Waals surface area (Å²) in [6.45, 7) is 6.18. The van der Waals surface area contributed by atoms with E-state index in [0.29, 0.717) is 24.5 Å². The SMILES string of the molecule is CC(C)CC(=O)C[C@@]1(C)NN=C(c2ccccc2)S1. The van der Waals surface area contributed by atoms with Gasteiger partial charge in [0.05, 0.1) is 0 Å². The molecule has 19 heavy (non-hydrogen) atoms. The summed E-state index contributed by atoms with van der Waals surface area (Å²) >= 11 is 1.64. The molecule has 0 aromatic heterocycles. The molecule has 0 unspecified atom stereocenters. The van der Waals surface area contributed by atoms with Crippen molar-refractivity contribution >= 4 is 22.6 Å². The number of hydrogen-bond acceptors (Lipinski definition) is 4. The molecule has 3 nitrogen and oxygen atoms in total. The Balaban J connectivity index is 1.97. The van der Waals surface area contributed by atoms with E-state index in [1.165, 1.54) is 0 Å². The number of hydrogen-bond donors (Lipinski definition) is 1. The van der Waals surface area contributed by atoms with Crippen LogP contribution in [0.15, 0.2) is 35.4 Å². The van der Waals surface area contributed by atoms with Gasteiger partial charge in [-0.05, 0) is 12.8 Å². The van der Waals surface area contributed by atoms with E-state index in [0.717, 1.165) is 10.6 Å². The summed E-state index contributed by atoms with van der Waals surface area (Å²) in [6, 6.07) is 10.1. The zero-order valence-electron chi connectivity index (χ0n) is 11.6. The second kappa shape index (κ2) is 5.78. The van der Waals surface area contributed by atoms with Crippen LogP contribution in [-0.2, 0) is 4.79 Å². The minimum Gasteiger partial charge on any atom is -0.300 e. The summed E-state index contributed by atoms with van der Waals surface area (Å²) < 4.78 is 0. The van der Waals surface area contributed by atoms with E-state index in [-0.39, 0.29) is 4.87 Å². The van der Waals surface area contributed by atoms with Crippen molar-refractivity contribution in [1.82, 2.24) is 5.43 Å². The van der Waals surface area contributed by atoms with Crippen molar-refractivity contribution in [2.24, 2.45) is 11.0 Å². The first-order valence-electron chi connectivity index (χ1n) is 6.59. The van der Waals surface area contributed by atoms with Crippen molar-refractivity contribution in [3.63, 3.8) is 0 Å². The monoisotopic (exact) mass is 276 g/mol. The molecule has 1 aliphatic heterocycles. The average Bonchev–Trinajstić information content (AvgIpc) is 2.71. The number of nitrogens with zero attached hydrogens (tertiary/aromatic N) is 1. The van der Waals surface area contributed by atoms with Gasteiger partial charge in [-0.25, -0.2) is 0 Å². The third-order valence-electron chi connectivity index (χ3n) is 2.91. The van der Waals surface area contributed by atoms with E-state index in [9.17, 15) is 4.79 Å². The molecule has 1 aliphatic rings. The van der Waals surface area contributed by atoms with Gasteiger partial charge in [-0.1, -0.05) is 55.9 Å². The Morgan fingerprint density at radius 1 is 1.37 bits per heavy atom. The summed E-state index contributed by atoms with van der Waals surface area (Å²) in [5.41, 5.74) is 4.21.